The number of rotatable bonds is 3. The normalized spacial score (nSPS) is 32.0. The Morgan fingerprint density at radius 1 is 1.00 bits per heavy atom. The Morgan fingerprint density at radius 2 is 1.67 bits per heavy atom. The van der Waals surface area contributed by atoms with Crippen molar-refractivity contribution < 1.29 is 9.59 Å². The van der Waals surface area contributed by atoms with Crippen LogP contribution in [0.5, 0.6) is 0 Å². The summed E-state index contributed by atoms with van der Waals surface area (Å²) in [5, 5.41) is 0. The van der Waals surface area contributed by atoms with Gasteiger partial charge in [0.1, 0.15) is 0 Å². The molecule has 0 aromatic rings. The maximum absolute atomic E-state index is 12.5. The molecule has 0 radical (unpaired) electrons. The van der Waals surface area contributed by atoms with E-state index in [2.05, 4.69) is 0 Å². The minimum Gasteiger partial charge on any atom is -0.339 e. The highest BCUT2D eigenvalue weighted by molar-refractivity contribution is 5.79. The Balaban J connectivity index is 1.46. The summed E-state index contributed by atoms with van der Waals surface area (Å²) in [6.07, 6.45) is 6.14. The van der Waals surface area contributed by atoms with E-state index in [1.165, 1.54) is 25.7 Å². The molecule has 0 spiro atoms. The predicted molar refractivity (Wildman–Crippen MR) is 81.6 cm³/mol. The number of carbonyl (C=O) groups is 2. The molecule has 1 saturated heterocycles. The lowest BCUT2D eigenvalue weighted by molar-refractivity contribution is -0.142. The molecule has 2 aliphatic carbocycles. The third-order valence-electron chi connectivity index (χ3n) is 5.76. The van der Waals surface area contributed by atoms with Crippen LogP contribution in [0, 0.1) is 23.7 Å². The van der Waals surface area contributed by atoms with Crippen molar-refractivity contribution in [3.63, 3.8) is 0 Å². The molecule has 0 aromatic heterocycles. The maximum Gasteiger partial charge on any atom is 0.225 e. The number of piperazine rings is 1. The van der Waals surface area contributed by atoms with Gasteiger partial charge in [0.15, 0.2) is 0 Å². The first-order valence-electron chi connectivity index (χ1n) is 8.61. The van der Waals surface area contributed by atoms with Crippen molar-refractivity contribution in [2.24, 2.45) is 23.7 Å². The molecular weight excluding hydrogens is 264 g/mol. The summed E-state index contributed by atoms with van der Waals surface area (Å²) in [7, 11) is 0. The maximum atomic E-state index is 12.5. The zero-order chi connectivity index (χ0) is 15.0. The summed E-state index contributed by atoms with van der Waals surface area (Å²) in [6, 6.07) is 0. The smallest absolute Gasteiger partial charge is 0.225 e. The van der Waals surface area contributed by atoms with E-state index in [0.29, 0.717) is 24.9 Å². The second kappa shape index (κ2) is 5.98. The number of hydrogen-bond donors (Lipinski definition) is 0. The first kappa shape index (κ1) is 14.9. The molecule has 0 aromatic carbocycles. The minimum atomic E-state index is 0.0568. The van der Waals surface area contributed by atoms with E-state index in [1.54, 1.807) is 0 Å². The van der Waals surface area contributed by atoms with Gasteiger partial charge >= 0.3 is 0 Å². The van der Waals surface area contributed by atoms with Crippen molar-refractivity contribution in [3.05, 3.63) is 0 Å². The number of fused-ring (bicyclic) bond motifs is 2. The van der Waals surface area contributed by atoms with E-state index in [4.69, 9.17) is 0 Å². The second-order valence-corrected chi connectivity index (χ2v) is 7.50. The number of carbonyl (C=O) groups excluding carboxylic acids is 2. The van der Waals surface area contributed by atoms with Gasteiger partial charge in [-0.15, -0.1) is 0 Å². The molecule has 3 rings (SSSR count). The highest BCUT2D eigenvalue weighted by Gasteiger charge is 2.40. The van der Waals surface area contributed by atoms with Gasteiger partial charge in [-0.25, -0.2) is 0 Å². The van der Waals surface area contributed by atoms with Crippen LogP contribution >= 0.6 is 0 Å². The van der Waals surface area contributed by atoms with E-state index in [0.717, 1.165) is 31.3 Å². The van der Waals surface area contributed by atoms with Crippen LogP contribution in [0.2, 0.25) is 0 Å². The highest BCUT2D eigenvalue weighted by Crippen LogP contribution is 2.49. The van der Waals surface area contributed by atoms with Crippen LogP contribution in [-0.2, 0) is 9.59 Å². The first-order valence-corrected chi connectivity index (χ1v) is 8.61. The molecule has 0 N–H and O–H groups in total. The van der Waals surface area contributed by atoms with Crippen molar-refractivity contribution in [3.8, 4) is 0 Å². The van der Waals surface area contributed by atoms with E-state index in [9.17, 15) is 9.59 Å². The molecular formula is C17H28N2O2. The fourth-order valence-electron chi connectivity index (χ4n) is 4.52. The molecule has 3 fully saturated rings. The first-order chi connectivity index (χ1) is 10.0. The molecule has 4 nitrogen and oxygen atoms in total. The third-order valence-corrected chi connectivity index (χ3v) is 5.76. The number of hydrogen-bond acceptors (Lipinski definition) is 2. The fourth-order valence-corrected chi connectivity index (χ4v) is 4.52. The van der Waals surface area contributed by atoms with Crippen LogP contribution in [0.3, 0.4) is 0 Å². The van der Waals surface area contributed by atoms with Crippen LogP contribution in [0.15, 0.2) is 0 Å². The van der Waals surface area contributed by atoms with Gasteiger partial charge in [0.2, 0.25) is 11.8 Å². The molecule has 3 atom stereocenters. The van der Waals surface area contributed by atoms with E-state index < -0.39 is 0 Å². The standard InChI is InChI=1S/C17H28N2O2/c1-12(2)17(21)19-7-5-18(6-8-19)16(20)11-15-10-13-3-4-14(15)9-13/h12-15H,3-11H2,1-2H3. The molecule has 2 saturated carbocycles. The van der Waals surface area contributed by atoms with Crippen LogP contribution < -0.4 is 0 Å². The Hall–Kier alpha value is -1.06. The topological polar surface area (TPSA) is 40.6 Å². The molecule has 1 heterocycles. The van der Waals surface area contributed by atoms with Crippen molar-refractivity contribution >= 4 is 11.8 Å². The Morgan fingerprint density at radius 3 is 2.19 bits per heavy atom. The summed E-state index contributed by atoms with van der Waals surface area (Å²) in [6.45, 7) is 6.74. The van der Waals surface area contributed by atoms with Gasteiger partial charge in [-0.1, -0.05) is 20.3 Å². The minimum absolute atomic E-state index is 0.0568. The number of amides is 2. The van der Waals surface area contributed by atoms with Crippen molar-refractivity contribution in [2.45, 2.75) is 46.0 Å². The lowest BCUT2D eigenvalue weighted by Gasteiger charge is -2.36. The number of nitrogens with zero attached hydrogens (tertiary/aromatic N) is 2. The third kappa shape index (κ3) is 3.09. The largest absolute Gasteiger partial charge is 0.339 e. The Kier molecular flexibility index (Phi) is 4.23. The quantitative estimate of drug-likeness (QED) is 0.799. The highest BCUT2D eigenvalue weighted by atomic mass is 16.2. The van der Waals surface area contributed by atoms with Crippen molar-refractivity contribution in [1.82, 2.24) is 9.80 Å². The fraction of sp³-hybridized carbons (Fsp3) is 0.882. The lowest BCUT2D eigenvalue weighted by Crippen LogP contribution is -2.51. The summed E-state index contributed by atoms with van der Waals surface area (Å²) in [4.78, 5) is 28.3. The van der Waals surface area contributed by atoms with Gasteiger partial charge in [-0.05, 0) is 37.0 Å². The summed E-state index contributed by atoms with van der Waals surface area (Å²) >= 11 is 0. The molecule has 118 valence electrons. The molecule has 3 aliphatic rings. The van der Waals surface area contributed by atoms with Gasteiger partial charge in [0, 0.05) is 38.5 Å². The second-order valence-electron chi connectivity index (χ2n) is 7.50. The molecule has 21 heavy (non-hydrogen) atoms. The Bertz CT molecular complexity index is 413. The zero-order valence-corrected chi connectivity index (χ0v) is 13.4. The van der Waals surface area contributed by atoms with E-state index >= 15 is 0 Å². The van der Waals surface area contributed by atoms with Gasteiger partial charge < -0.3 is 9.80 Å². The van der Waals surface area contributed by atoms with E-state index in [1.807, 2.05) is 23.6 Å². The average Bonchev–Trinajstić information content (AvgIpc) is 3.09. The van der Waals surface area contributed by atoms with E-state index in [-0.39, 0.29) is 11.8 Å². The van der Waals surface area contributed by atoms with Gasteiger partial charge in [0.05, 0.1) is 0 Å². The van der Waals surface area contributed by atoms with Crippen LogP contribution in [0.25, 0.3) is 0 Å². The van der Waals surface area contributed by atoms with Gasteiger partial charge in [0.25, 0.3) is 0 Å². The lowest BCUT2D eigenvalue weighted by atomic mass is 9.86. The van der Waals surface area contributed by atoms with Gasteiger partial charge in [-0.3, -0.25) is 9.59 Å². The molecule has 2 bridgehead atoms. The summed E-state index contributed by atoms with van der Waals surface area (Å²) < 4.78 is 0. The summed E-state index contributed by atoms with van der Waals surface area (Å²) in [5.74, 6) is 2.98. The molecule has 1 aliphatic heterocycles. The van der Waals surface area contributed by atoms with Crippen molar-refractivity contribution in [1.29, 1.82) is 0 Å². The van der Waals surface area contributed by atoms with Crippen LogP contribution in [0.1, 0.15) is 46.0 Å². The van der Waals surface area contributed by atoms with Crippen LogP contribution in [-0.4, -0.2) is 47.8 Å². The SMILES string of the molecule is CC(C)C(=O)N1CCN(C(=O)CC2CC3CCC2C3)CC1. The molecule has 2 amide bonds. The zero-order valence-electron chi connectivity index (χ0n) is 13.4. The Labute approximate surface area is 127 Å². The van der Waals surface area contributed by atoms with Crippen LogP contribution in [0.4, 0.5) is 0 Å². The molecule has 4 heteroatoms. The average molecular weight is 292 g/mol. The monoisotopic (exact) mass is 292 g/mol. The van der Waals surface area contributed by atoms with Gasteiger partial charge in [-0.2, -0.15) is 0 Å². The molecule has 3 unspecified atom stereocenters. The summed E-state index contributed by atoms with van der Waals surface area (Å²) in [5.41, 5.74) is 0. The predicted octanol–water partition coefficient (Wildman–Crippen LogP) is 2.14. The van der Waals surface area contributed by atoms with Crippen molar-refractivity contribution in [2.75, 3.05) is 26.2 Å².